The normalized spacial score (nSPS) is 21.5. The Morgan fingerprint density at radius 3 is 2.77 bits per heavy atom. The Morgan fingerprint density at radius 1 is 1.31 bits per heavy atom. The van der Waals surface area contributed by atoms with E-state index in [1.54, 1.807) is 12.1 Å². The number of ether oxygens (including phenoxy) is 2. The summed E-state index contributed by atoms with van der Waals surface area (Å²) in [6, 6.07) is 4.76. The Balaban J connectivity index is 1.67. The molecule has 0 radical (unpaired) electrons. The minimum Gasteiger partial charge on any atom is -0.379 e. The quantitative estimate of drug-likeness (QED) is 0.704. The molecule has 1 aromatic carbocycles. The largest absolute Gasteiger partial charge is 0.379 e. The first-order valence-electron chi connectivity index (χ1n) is 8.51. The lowest BCUT2D eigenvalue weighted by atomic mass is 10.2. The summed E-state index contributed by atoms with van der Waals surface area (Å²) in [6.45, 7) is 2.80. The van der Waals surface area contributed by atoms with Crippen molar-refractivity contribution in [1.82, 2.24) is 9.62 Å². The van der Waals surface area contributed by atoms with E-state index in [4.69, 9.17) is 33.3 Å². The first-order valence-corrected chi connectivity index (χ1v) is 10.7. The predicted molar refractivity (Wildman–Crippen MR) is 104 cm³/mol. The zero-order chi connectivity index (χ0) is 18.6. The highest BCUT2D eigenvalue weighted by molar-refractivity contribution is 7.89. The monoisotopic (exact) mass is 419 g/mol. The molecule has 0 aromatic heterocycles. The van der Waals surface area contributed by atoms with Crippen molar-refractivity contribution in [3.05, 3.63) is 23.2 Å². The van der Waals surface area contributed by atoms with Gasteiger partial charge >= 0.3 is 0 Å². The summed E-state index contributed by atoms with van der Waals surface area (Å²) in [5, 5.41) is 6.70. The zero-order valence-corrected chi connectivity index (χ0v) is 16.6. The summed E-state index contributed by atoms with van der Waals surface area (Å²) in [6.07, 6.45) is 2.24. The number of nitrogens with one attached hydrogen (secondary N) is 2. The molecule has 0 saturated carbocycles. The van der Waals surface area contributed by atoms with Gasteiger partial charge in [-0.3, -0.25) is 0 Å². The maximum Gasteiger partial charge on any atom is 0.244 e. The third-order valence-corrected chi connectivity index (χ3v) is 6.92. The number of morpholine rings is 1. The summed E-state index contributed by atoms with van der Waals surface area (Å²) in [5.41, 5.74) is 0.561. The molecular formula is C16H22ClN3O4S2. The van der Waals surface area contributed by atoms with Crippen molar-refractivity contribution in [3.8, 4) is 0 Å². The summed E-state index contributed by atoms with van der Waals surface area (Å²) in [5.74, 6) is 0. The van der Waals surface area contributed by atoms with Gasteiger partial charge in [-0.05, 0) is 43.3 Å². The number of thiocarbonyl (C=S) groups is 1. The van der Waals surface area contributed by atoms with Gasteiger partial charge in [-0.2, -0.15) is 4.31 Å². The fraction of sp³-hybridized carbons (Fsp3) is 0.562. The Kier molecular flexibility index (Phi) is 6.70. The van der Waals surface area contributed by atoms with Crippen LogP contribution in [0.1, 0.15) is 12.8 Å². The fourth-order valence-corrected chi connectivity index (χ4v) is 5.00. The van der Waals surface area contributed by atoms with Crippen molar-refractivity contribution >= 4 is 44.6 Å². The number of hydrogen-bond acceptors (Lipinski definition) is 5. The van der Waals surface area contributed by atoms with Gasteiger partial charge in [-0.25, -0.2) is 8.42 Å². The minimum atomic E-state index is -3.68. The van der Waals surface area contributed by atoms with E-state index < -0.39 is 10.0 Å². The van der Waals surface area contributed by atoms with Gasteiger partial charge in [0.05, 0.1) is 24.3 Å². The van der Waals surface area contributed by atoms with Crippen molar-refractivity contribution in [2.24, 2.45) is 0 Å². The molecule has 7 nitrogen and oxygen atoms in total. The Morgan fingerprint density at radius 2 is 2.08 bits per heavy atom. The van der Waals surface area contributed by atoms with Crippen LogP contribution in [0.5, 0.6) is 0 Å². The molecule has 2 fully saturated rings. The van der Waals surface area contributed by atoms with E-state index in [-0.39, 0.29) is 16.0 Å². The first kappa shape index (κ1) is 19.8. The maximum atomic E-state index is 12.8. The molecule has 10 heteroatoms. The van der Waals surface area contributed by atoms with Gasteiger partial charge in [0.15, 0.2) is 5.11 Å². The van der Waals surface area contributed by atoms with Gasteiger partial charge < -0.3 is 20.1 Å². The highest BCUT2D eigenvalue weighted by Crippen LogP contribution is 2.28. The number of anilines is 1. The molecule has 2 saturated heterocycles. The second-order valence-corrected chi connectivity index (χ2v) is 8.85. The molecule has 2 aliphatic heterocycles. The molecule has 144 valence electrons. The number of hydrogen-bond donors (Lipinski definition) is 2. The maximum absolute atomic E-state index is 12.8. The minimum absolute atomic E-state index is 0.0630. The van der Waals surface area contributed by atoms with Crippen LogP contribution in [0.3, 0.4) is 0 Å². The van der Waals surface area contributed by atoms with Crippen LogP contribution in [-0.4, -0.2) is 63.4 Å². The molecule has 2 N–H and O–H groups in total. The van der Waals surface area contributed by atoms with Gasteiger partial charge in [0, 0.05) is 31.9 Å². The number of nitrogens with zero attached hydrogens (tertiary/aromatic N) is 1. The Bertz CT molecular complexity index is 748. The highest BCUT2D eigenvalue weighted by Gasteiger charge is 2.28. The second kappa shape index (κ2) is 8.81. The van der Waals surface area contributed by atoms with Crippen LogP contribution >= 0.6 is 23.8 Å². The lowest BCUT2D eigenvalue weighted by Crippen LogP contribution is -2.40. The molecule has 26 heavy (non-hydrogen) atoms. The first-order chi connectivity index (χ1) is 12.5. The number of sulfonamides is 1. The molecule has 2 aliphatic rings. The van der Waals surface area contributed by atoms with Gasteiger partial charge in [0.1, 0.15) is 4.90 Å². The van der Waals surface area contributed by atoms with Gasteiger partial charge in [0.2, 0.25) is 10.0 Å². The predicted octanol–water partition coefficient (Wildman–Crippen LogP) is 1.83. The summed E-state index contributed by atoms with van der Waals surface area (Å²) in [4.78, 5) is 0.0630. The van der Waals surface area contributed by atoms with E-state index in [2.05, 4.69) is 10.6 Å². The van der Waals surface area contributed by atoms with Crippen molar-refractivity contribution < 1.29 is 17.9 Å². The van der Waals surface area contributed by atoms with E-state index in [0.29, 0.717) is 43.6 Å². The molecule has 3 rings (SSSR count). The average Bonchev–Trinajstić information content (AvgIpc) is 3.16. The van der Waals surface area contributed by atoms with Crippen LogP contribution in [0.25, 0.3) is 0 Å². The molecule has 0 amide bonds. The van der Waals surface area contributed by atoms with E-state index in [1.165, 1.54) is 10.4 Å². The number of halogens is 1. The van der Waals surface area contributed by atoms with E-state index >= 15 is 0 Å². The van der Waals surface area contributed by atoms with E-state index in [1.807, 2.05) is 0 Å². The van der Waals surface area contributed by atoms with Crippen LogP contribution in [0.2, 0.25) is 5.02 Å². The molecule has 0 bridgehead atoms. The molecule has 2 heterocycles. The average molecular weight is 420 g/mol. The van der Waals surface area contributed by atoms with E-state index in [9.17, 15) is 8.42 Å². The number of benzene rings is 1. The highest BCUT2D eigenvalue weighted by atomic mass is 35.5. The SMILES string of the molecule is O=S(=O)(c1cc(NC(=S)NC[C@@H]2CCCO2)ccc1Cl)N1CCOCC1. The third-order valence-electron chi connectivity index (χ3n) is 4.29. The van der Waals surface area contributed by atoms with Crippen LogP contribution in [-0.2, 0) is 19.5 Å². The standard InChI is InChI=1S/C16H22ClN3O4S2/c17-14-4-3-12(19-16(25)18-11-13-2-1-7-24-13)10-15(14)26(21,22)20-5-8-23-9-6-20/h3-4,10,13H,1-2,5-9,11H2,(H2,18,19,25)/t13-/m0/s1. The lowest BCUT2D eigenvalue weighted by Gasteiger charge is -2.26. The smallest absolute Gasteiger partial charge is 0.244 e. The molecule has 0 aliphatic carbocycles. The molecular weight excluding hydrogens is 398 g/mol. The Labute approximate surface area is 164 Å². The van der Waals surface area contributed by atoms with Crippen molar-refractivity contribution in [2.75, 3.05) is 44.8 Å². The lowest BCUT2D eigenvalue weighted by molar-refractivity contribution is 0.0730. The van der Waals surface area contributed by atoms with Crippen LogP contribution in [0.4, 0.5) is 5.69 Å². The van der Waals surface area contributed by atoms with Crippen LogP contribution in [0, 0.1) is 0 Å². The number of rotatable bonds is 5. The topological polar surface area (TPSA) is 79.9 Å². The second-order valence-electron chi connectivity index (χ2n) is 6.13. The van der Waals surface area contributed by atoms with Gasteiger partial charge in [-0.1, -0.05) is 11.6 Å². The fourth-order valence-electron chi connectivity index (χ4n) is 2.89. The van der Waals surface area contributed by atoms with Crippen molar-refractivity contribution in [3.63, 3.8) is 0 Å². The summed E-state index contributed by atoms with van der Waals surface area (Å²) in [7, 11) is -3.68. The van der Waals surface area contributed by atoms with Crippen molar-refractivity contribution in [1.29, 1.82) is 0 Å². The van der Waals surface area contributed by atoms with Crippen LogP contribution in [0.15, 0.2) is 23.1 Å². The van der Waals surface area contributed by atoms with Gasteiger partial charge in [-0.15, -0.1) is 0 Å². The zero-order valence-electron chi connectivity index (χ0n) is 14.2. The summed E-state index contributed by atoms with van der Waals surface area (Å²) >= 11 is 11.4. The third kappa shape index (κ3) is 4.85. The van der Waals surface area contributed by atoms with Gasteiger partial charge in [0.25, 0.3) is 0 Å². The van der Waals surface area contributed by atoms with Crippen LogP contribution < -0.4 is 10.6 Å². The van der Waals surface area contributed by atoms with Crippen molar-refractivity contribution in [2.45, 2.75) is 23.8 Å². The molecule has 0 spiro atoms. The van der Waals surface area contributed by atoms with E-state index in [0.717, 1.165) is 19.4 Å². The Hall–Kier alpha value is -0.970. The molecule has 1 aromatic rings. The molecule has 1 atom stereocenters. The summed E-state index contributed by atoms with van der Waals surface area (Å²) < 4.78 is 37.8. The molecule has 0 unspecified atom stereocenters.